The third-order valence-corrected chi connectivity index (χ3v) is 5.40. The topological polar surface area (TPSA) is 107 Å². The van der Waals surface area contributed by atoms with Crippen molar-refractivity contribution in [3.05, 3.63) is 75.3 Å². The molecule has 168 valence electrons. The Morgan fingerprint density at radius 1 is 1.03 bits per heavy atom. The maximum absolute atomic E-state index is 13.0. The highest BCUT2D eigenvalue weighted by atomic mass is 16.6. The zero-order valence-corrected chi connectivity index (χ0v) is 18.5. The quantitative estimate of drug-likeness (QED) is 0.233. The molecule has 2 aromatic carbocycles. The Kier molecular flexibility index (Phi) is 6.59. The normalized spacial score (nSPS) is 17.8. The van der Waals surface area contributed by atoms with E-state index in [1.54, 1.807) is 0 Å². The first-order valence-electron chi connectivity index (χ1n) is 10.1. The minimum Gasteiger partial charge on any atom is -0.507 e. The molecule has 1 atom stereocenters. The first kappa shape index (κ1) is 23.0. The minimum absolute atomic E-state index is 0.0276. The summed E-state index contributed by atoms with van der Waals surface area (Å²) in [5.41, 5.74) is 1.71. The molecule has 0 bridgehead atoms. The van der Waals surface area contributed by atoms with Gasteiger partial charge in [-0.3, -0.25) is 19.7 Å². The van der Waals surface area contributed by atoms with Crippen LogP contribution < -0.4 is 4.90 Å². The van der Waals surface area contributed by atoms with E-state index in [4.69, 9.17) is 0 Å². The molecule has 9 nitrogen and oxygen atoms in total. The molecular weight excluding hydrogens is 412 g/mol. The zero-order valence-electron chi connectivity index (χ0n) is 18.5. The molecule has 0 radical (unpaired) electrons. The largest absolute Gasteiger partial charge is 0.507 e. The van der Waals surface area contributed by atoms with Crippen LogP contribution in [0.1, 0.15) is 17.2 Å². The van der Waals surface area contributed by atoms with Gasteiger partial charge in [0.25, 0.3) is 17.4 Å². The lowest BCUT2D eigenvalue weighted by molar-refractivity contribution is -0.384. The number of benzene rings is 2. The van der Waals surface area contributed by atoms with Gasteiger partial charge in [0.2, 0.25) is 0 Å². The maximum atomic E-state index is 13.0. The molecule has 1 aliphatic rings. The van der Waals surface area contributed by atoms with E-state index in [0.717, 1.165) is 5.69 Å². The Labute approximate surface area is 186 Å². The molecule has 1 amide bonds. The number of hydrogen-bond acceptors (Lipinski definition) is 7. The van der Waals surface area contributed by atoms with Crippen LogP contribution in [0.3, 0.4) is 0 Å². The van der Waals surface area contributed by atoms with Gasteiger partial charge in [0.05, 0.1) is 16.5 Å². The van der Waals surface area contributed by atoms with Crippen molar-refractivity contribution in [2.75, 3.05) is 46.2 Å². The van der Waals surface area contributed by atoms with Gasteiger partial charge < -0.3 is 19.8 Å². The average Bonchev–Trinajstić information content (AvgIpc) is 3.02. The number of carbonyl (C=O) groups excluding carboxylic acids is 2. The van der Waals surface area contributed by atoms with E-state index >= 15 is 0 Å². The van der Waals surface area contributed by atoms with E-state index < -0.39 is 22.7 Å². The number of Topliss-reactive ketones (excluding diaryl/α,β-unsaturated/α-hetero) is 1. The fourth-order valence-electron chi connectivity index (χ4n) is 3.62. The highest BCUT2D eigenvalue weighted by Crippen LogP contribution is 2.39. The van der Waals surface area contributed by atoms with Gasteiger partial charge >= 0.3 is 0 Å². The number of anilines is 1. The molecule has 3 rings (SSSR count). The van der Waals surface area contributed by atoms with E-state index in [0.29, 0.717) is 18.7 Å². The third-order valence-electron chi connectivity index (χ3n) is 5.40. The van der Waals surface area contributed by atoms with Gasteiger partial charge in [-0.05, 0) is 43.9 Å². The lowest BCUT2D eigenvalue weighted by Gasteiger charge is -2.27. The Balaban J connectivity index is 2.11. The second-order valence-electron chi connectivity index (χ2n) is 8.09. The number of nitro groups is 1. The molecule has 2 aromatic rings. The summed E-state index contributed by atoms with van der Waals surface area (Å²) in [5, 5.41) is 21.9. The number of likely N-dealkylation sites (tertiary alicyclic amines) is 1. The fraction of sp³-hybridized carbons (Fsp3) is 0.304. The number of aliphatic hydroxyl groups excluding tert-OH is 1. The van der Waals surface area contributed by atoms with E-state index in [2.05, 4.69) is 0 Å². The van der Waals surface area contributed by atoms with E-state index in [1.807, 2.05) is 62.3 Å². The molecule has 1 fully saturated rings. The van der Waals surface area contributed by atoms with Gasteiger partial charge in [0.15, 0.2) is 0 Å². The zero-order chi connectivity index (χ0) is 23.6. The monoisotopic (exact) mass is 438 g/mol. The second-order valence-corrected chi connectivity index (χ2v) is 8.09. The molecule has 9 heteroatoms. The van der Waals surface area contributed by atoms with Crippen molar-refractivity contribution in [3.63, 3.8) is 0 Å². The number of aliphatic hydroxyl groups is 1. The van der Waals surface area contributed by atoms with Crippen LogP contribution in [-0.2, 0) is 9.59 Å². The van der Waals surface area contributed by atoms with Crippen LogP contribution in [0.25, 0.3) is 5.76 Å². The van der Waals surface area contributed by atoms with Crippen LogP contribution in [0.2, 0.25) is 0 Å². The molecule has 0 aromatic heterocycles. The molecule has 0 spiro atoms. The number of nitrogens with zero attached hydrogens (tertiary/aromatic N) is 4. The molecule has 1 heterocycles. The third kappa shape index (κ3) is 4.47. The van der Waals surface area contributed by atoms with Crippen LogP contribution in [0.15, 0.2) is 54.1 Å². The summed E-state index contributed by atoms with van der Waals surface area (Å²) < 4.78 is 0. The lowest BCUT2D eigenvalue weighted by Crippen LogP contribution is -2.35. The van der Waals surface area contributed by atoms with Crippen molar-refractivity contribution in [1.29, 1.82) is 0 Å². The highest BCUT2D eigenvalue weighted by molar-refractivity contribution is 6.46. The van der Waals surface area contributed by atoms with Gasteiger partial charge in [0.1, 0.15) is 5.76 Å². The average molecular weight is 438 g/mol. The predicted octanol–water partition coefficient (Wildman–Crippen LogP) is 2.64. The van der Waals surface area contributed by atoms with Crippen molar-refractivity contribution < 1.29 is 19.6 Å². The van der Waals surface area contributed by atoms with Gasteiger partial charge in [-0.2, -0.15) is 0 Å². The second kappa shape index (κ2) is 9.19. The van der Waals surface area contributed by atoms with E-state index in [9.17, 15) is 24.8 Å². The van der Waals surface area contributed by atoms with Crippen molar-refractivity contribution in [2.45, 2.75) is 6.04 Å². The number of non-ortho nitro benzene ring substituents is 1. The van der Waals surface area contributed by atoms with Crippen LogP contribution >= 0.6 is 0 Å². The van der Waals surface area contributed by atoms with Crippen molar-refractivity contribution in [2.24, 2.45) is 0 Å². The molecule has 1 saturated heterocycles. The van der Waals surface area contributed by atoms with Crippen molar-refractivity contribution >= 4 is 28.8 Å². The van der Waals surface area contributed by atoms with Crippen molar-refractivity contribution in [3.8, 4) is 0 Å². The summed E-state index contributed by atoms with van der Waals surface area (Å²) in [7, 11) is 7.56. The van der Waals surface area contributed by atoms with Crippen molar-refractivity contribution in [1.82, 2.24) is 9.80 Å². The molecule has 32 heavy (non-hydrogen) atoms. The molecular formula is C23H26N4O5. The Morgan fingerprint density at radius 2 is 1.62 bits per heavy atom. The number of ketones is 1. The Bertz CT molecular complexity index is 1060. The lowest BCUT2D eigenvalue weighted by atomic mass is 9.95. The number of likely N-dealkylation sites (N-methyl/N-ethyl adjacent to an activating group) is 1. The smallest absolute Gasteiger partial charge is 0.295 e. The number of carbonyl (C=O) groups is 2. The van der Waals surface area contributed by atoms with Crippen LogP contribution in [0, 0.1) is 10.1 Å². The molecule has 1 unspecified atom stereocenters. The van der Waals surface area contributed by atoms with Gasteiger partial charge in [-0.1, -0.05) is 12.1 Å². The number of amides is 1. The summed E-state index contributed by atoms with van der Waals surface area (Å²) in [4.78, 5) is 41.5. The molecule has 1 aliphatic heterocycles. The summed E-state index contributed by atoms with van der Waals surface area (Å²) in [6, 6.07) is 11.9. The first-order valence-corrected chi connectivity index (χ1v) is 10.1. The fourth-order valence-corrected chi connectivity index (χ4v) is 3.62. The number of hydrogen-bond donors (Lipinski definition) is 1. The highest BCUT2D eigenvalue weighted by Gasteiger charge is 2.45. The van der Waals surface area contributed by atoms with E-state index in [-0.39, 0.29) is 22.6 Å². The van der Waals surface area contributed by atoms with Gasteiger partial charge in [-0.25, -0.2) is 0 Å². The summed E-state index contributed by atoms with van der Waals surface area (Å²) in [6.45, 7) is 0.839. The first-order chi connectivity index (χ1) is 15.1. The summed E-state index contributed by atoms with van der Waals surface area (Å²) in [5.74, 6) is -1.81. The maximum Gasteiger partial charge on any atom is 0.295 e. The predicted molar refractivity (Wildman–Crippen MR) is 121 cm³/mol. The standard InChI is InChI=1S/C23H26N4O5/c1-24(2)13-14-26-20(15-5-9-17(10-6-15)25(3)4)19(22(29)23(26)30)21(28)16-7-11-18(12-8-16)27(31)32/h5-12,20,28H,13-14H2,1-4H3/b21-19-. The Hall–Kier alpha value is -3.72. The molecule has 1 N–H and O–H groups in total. The summed E-state index contributed by atoms with van der Waals surface area (Å²) >= 11 is 0. The molecule has 0 aliphatic carbocycles. The van der Waals surface area contributed by atoms with E-state index in [1.165, 1.54) is 29.2 Å². The van der Waals surface area contributed by atoms with Crippen LogP contribution in [0.5, 0.6) is 0 Å². The molecule has 0 saturated carbocycles. The van der Waals surface area contributed by atoms with Gasteiger partial charge in [-0.15, -0.1) is 0 Å². The van der Waals surface area contributed by atoms with Crippen LogP contribution in [0.4, 0.5) is 11.4 Å². The minimum atomic E-state index is -0.777. The SMILES string of the molecule is CN(C)CCN1C(=O)C(=O)/C(=C(\O)c2ccc([N+](=O)[O-])cc2)C1c1ccc(N(C)C)cc1. The Morgan fingerprint density at radius 3 is 2.12 bits per heavy atom. The summed E-state index contributed by atoms with van der Waals surface area (Å²) in [6.07, 6.45) is 0. The number of nitro benzene ring substituents is 1. The number of rotatable bonds is 7. The van der Waals surface area contributed by atoms with Gasteiger partial charge in [0, 0.05) is 50.6 Å². The van der Waals surface area contributed by atoms with Crippen LogP contribution in [-0.4, -0.2) is 72.8 Å².